The number of fused-ring (bicyclic) bond motifs is 1. The molecule has 15 heavy (non-hydrogen) atoms. The summed E-state index contributed by atoms with van der Waals surface area (Å²) in [7, 11) is 1.98. The third kappa shape index (κ3) is 2.58. The fourth-order valence-corrected chi connectivity index (χ4v) is 1.60. The second-order valence-electron chi connectivity index (χ2n) is 3.21. The Morgan fingerprint density at radius 1 is 1.33 bits per heavy atom. The van der Waals surface area contributed by atoms with E-state index >= 15 is 0 Å². The Labute approximate surface area is 89.7 Å². The number of nitriles is 1. The van der Waals surface area contributed by atoms with Gasteiger partial charge < -0.3 is 10.3 Å². The van der Waals surface area contributed by atoms with Crippen LogP contribution in [0.1, 0.15) is 5.56 Å². The largest absolute Gasteiger partial charge is 0.361 e. The Hall–Kier alpha value is -1.79. The number of benzene rings is 1. The lowest BCUT2D eigenvalue weighted by Crippen LogP contribution is -2.09. The molecule has 1 aromatic carbocycles. The first-order valence-electron chi connectivity index (χ1n) is 4.87. The highest BCUT2D eigenvalue weighted by Crippen LogP contribution is 2.17. The molecule has 1 heterocycles. The molecule has 0 radical (unpaired) electrons. The summed E-state index contributed by atoms with van der Waals surface area (Å²) >= 11 is 0. The maximum Gasteiger partial charge on any atom is 0.0462 e. The summed E-state index contributed by atoms with van der Waals surface area (Å²) in [4.78, 5) is 3.27. The molecule has 2 rings (SSSR count). The molecule has 0 aliphatic heterocycles. The number of para-hydroxylation sites is 1. The van der Waals surface area contributed by atoms with Crippen LogP contribution in [0.4, 0.5) is 0 Å². The molecule has 78 valence electrons. The summed E-state index contributed by atoms with van der Waals surface area (Å²) in [5, 5.41) is 11.0. The highest BCUT2D eigenvalue weighted by Gasteiger charge is 2.00. The zero-order valence-electron chi connectivity index (χ0n) is 8.83. The average molecular weight is 201 g/mol. The minimum atomic E-state index is 1.03. The van der Waals surface area contributed by atoms with Gasteiger partial charge in [-0.2, -0.15) is 0 Å². The van der Waals surface area contributed by atoms with Crippen molar-refractivity contribution in [3.05, 3.63) is 36.0 Å². The summed E-state index contributed by atoms with van der Waals surface area (Å²) in [6, 6.07) is 8.41. The quantitative estimate of drug-likeness (QED) is 0.798. The minimum absolute atomic E-state index is 1.03. The maximum absolute atomic E-state index is 6.50. The van der Waals surface area contributed by atoms with Crippen molar-refractivity contribution >= 4 is 10.9 Å². The van der Waals surface area contributed by atoms with Gasteiger partial charge in [-0.15, -0.1) is 0 Å². The molecule has 0 amide bonds. The number of aromatic amines is 1. The highest BCUT2D eigenvalue weighted by molar-refractivity contribution is 5.82. The van der Waals surface area contributed by atoms with E-state index in [1.165, 1.54) is 16.5 Å². The minimum Gasteiger partial charge on any atom is -0.361 e. The van der Waals surface area contributed by atoms with E-state index in [9.17, 15) is 0 Å². The van der Waals surface area contributed by atoms with Crippen molar-refractivity contribution in [3.8, 4) is 6.57 Å². The predicted molar refractivity (Wildman–Crippen MR) is 62.6 cm³/mol. The molecule has 0 saturated carbocycles. The third-order valence-electron chi connectivity index (χ3n) is 2.32. The number of nitrogens with zero attached hydrogens (tertiary/aromatic N) is 1. The number of rotatable bonds is 3. The van der Waals surface area contributed by atoms with Gasteiger partial charge in [-0.3, -0.25) is 0 Å². The number of likely N-dealkylation sites (N-methyl/N-ethyl adjacent to an activating group) is 1. The van der Waals surface area contributed by atoms with Gasteiger partial charge in [0, 0.05) is 23.7 Å². The highest BCUT2D eigenvalue weighted by atomic mass is 14.8. The first-order chi connectivity index (χ1) is 7.42. The van der Waals surface area contributed by atoms with Gasteiger partial charge in [-0.25, -0.2) is 5.26 Å². The van der Waals surface area contributed by atoms with Crippen LogP contribution in [-0.4, -0.2) is 18.6 Å². The molecule has 0 saturated heterocycles. The van der Waals surface area contributed by atoms with Gasteiger partial charge in [0.05, 0.1) is 0 Å². The van der Waals surface area contributed by atoms with E-state index in [0.29, 0.717) is 0 Å². The van der Waals surface area contributed by atoms with Crippen LogP contribution in [0.15, 0.2) is 30.5 Å². The molecule has 0 unspecified atom stereocenters. The number of hydrogen-bond acceptors (Lipinski definition) is 2. The van der Waals surface area contributed by atoms with Gasteiger partial charge >= 0.3 is 0 Å². The van der Waals surface area contributed by atoms with E-state index in [-0.39, 0.29) is 0 Å². The van der Waals surface area contributed by atoms with Gasteiger partial charge in [0.15, 0.2) is 0 Å². The maximum atomic E-state index is 6.50. The standard InChI is InChI=1S/C11H14N2.CHN/c1-12-7-6-9-8-13-11-5-3-2-4-10(9)11;1-2/h2-5,8,12-13H,6-7H2,1H3;1H. The van der Waals surface area contributed by atoms with Crippen LogP contribution >= 0.6 is 0 Å². The molecule has 0 aliphatic carbocycles. The van der Waals surface area contributed by atoms with E-state index in [0.717, 1.165) is 13.0 Å². The lowest BCUT2D eigenvalue weighted by molar-refractivity contribution is 0.795. The Morgan fingerprint density at radius 2 is 2.07 bits per heavy atom. The summed E-state index contributed by atoms with van der Waals surface area (Å²) in [5.41, 5.74) is 2.62. The first-order valence-corrected chi connectivity index (χ1v) is 4.87. The van der Waals surface area contributed by atoms with Gasteiger partial charge in [-0.05, 0) is 31.6 Å². The summed E-state index contributed by atoms with van der Waals surface area (Å²) < 4.78 is 0. The molecule has 0 aliphatic rings. The van der Waals surface area contributed by atoms with Crippen molar-refractivity contribution in [2.45, 2.75) is 6.42 Å². The molecule has 0 atom stereocenters. The van der Waals surface area contributed by atoms with Crippen molar-refractivity contribution in [1.82, 2.24) is 10.3 Å². The Bertz CT molecular complexity index is 428. The van der Waals surface area contributed by atoms with Crippen molar-refractivity contribution in [1.29, 1.82) is 5.26 Å². The second-order valence-corrected chi connectivity index (χ2v) is 3.21. The van der Waals surface area contributed by atoms with Crippen LogP contribution in [0.3, 0.4) is 0 Å². The fourth-order valence-electron chi connectivity index (χ4n) is 1.60. The van der Waals surface area contributed by atoms with E-state index < -0.39 is 0 Å². The van der Waals surface area contributed by atoms with Crippen LogP contribution < -0.4 is 5.32 Å². The lowest BCUT2D eigenvalue weighted by Gasteiger charge is -1.97. The Morgan fingerprint density at radius 3 is 2.80 bits per heavy atom. The van der Waals surface area contributed by atoms with Crippen LogP contribution in [0, 0.1) is 11.8 Å². The van der Waals surface area contributed by atoms with E-state index in [4.69, 9.17) is 5.26 Å². The van der Waals surface area contributed by atoms with Gasteiger partial charge in [-0.1, -0.05) is 18.2 Å². The molecule has 0 fully saturated rings. The van der Waals surface area contributed by atoms with Crippen molar-refractivity contribution in [2.75, 3.05) is 13.6 Å². The number of H-pyrrole nitrogens is 1. The fraction of sp³-hybridized carbons (Fsp3) is 0.250. The van der Waals surface area contributed by atoms with E-state index in [1.807, 2.05) is 7.05 Å². The van der Waals surface area contributed by atoms with E-state index in [2.05, 4.69) is 47.3 Å². The molecule has 2 N–H and O–H groups in total. The van der Waals surface area contributed by atoms with Crippen LogP contribution in [-0.2, 0) is 6.42 Å². The topological polar surface area (TPSA) is 51.6 Å². The van der Waals surface area contributed by atoms with E-state index in [1.54, 1.807) is 0 Å². The SMILES string of the molecule is C#N.CNCCc1c[nH]c2ccccc12. The van der Waals surface area contributed by atoms with Crippen molar-refractivity contribution < 1.29 is 0 Å². The Kier molecular flexibility index (Phi) is 4.39. The molecule has 2 aromatic rings. The normalized spacial score (nSPS) is 9.53. The Balaban J connectivity index is 0.000000531. The average Bonchev–Trinajstić information content (AvgIpc) is 2.72. The molecule has 3 nitrogen and oxygen atoms in total. The molecular formula is C12H15N3. The molecular weight excluding hydrogens is 186 g/mol. The van der Waals surface area contributed by atoms with Gasteiger partial charge in [0.1, 0.15) is 0 Å². The number of hydrogen-bond donors (Lipinski definition) is 2. The van der Waals surface area contributed by atoms with Crippen LogP contribution in [0.2, 0.25) is 0 Å². The monoisotopic (exact) mass is 201 g/mol. The molecule has 0 spiro atoms. The zero-order valence-corrected chi connectivity index (χ0v) is 8.83. The zero-order chi connectivity index (χ0) is 11.1. The van der Waals surface area contributed by atoms with Gasteiger partial charge in [0.25, 0.3) is 0 Å². The summed E-state index contributed by atoms with van der Waals surface area (Å²) in [5.74, 6) is 0. The lowest BCUT2D eigenvalue weighted by atomic mass is 10.1. The van der Waals surface area contributed by atoms with Crippen molar-refractivity contribution in [2.24, 2.45) is 0 Å². The smallest absolute Gasteiger partial charge is 0.0462 e. The molecule has 3 heteroatoms. The number of aromatic nitrogens is 1. The van der Waals surface area contributed by atoms with Crippen molar-refractivity contribution in [3.63, 3.8) is 0 Å². The first kappa shape index (κ1) is 11.3. The number of nitrogens with one attached hydrogen (secondary N) is 2. The third-order valence-corrected chi connectivity index (χ3v) is 2.32. The predicted octanol–water partition coefficient (Wildman–Crippen LogP) is 2.07. The molecule has 1 aromatic heterocycles. The summed E-state index contributed by atoms with van der Waals surface area (Å²) in [6.07, 6.45) is 3.18. The van der Waals surface area contributed by atoms with Crippen LogP contribution in [0.5, 0.6) is 0 Å². The summed E-state index contributed by atoms with van der Waals surface area (Å²) in [6.45, 7) is 4.53. The molecule has 0 bridgehead atoms. The second kappa shape index (κ2) is 5.84. The van der Waals surface area contributed by atoms with Gasteiger partial charge in [0.2, 0.25) is 0 Å². The van der Waals surface area contributed by atoms with Crippen LogP contribution in [0.25, 0.3) is 10.9 Å².